The van der Waals surface area contributed by atoms with Crippen LogP contribution in [0.2, 0.25) is 5.02 Å². The van der Waals surface area contributed by atoms with Crippen molar-refractivity contribution in [1.82, 2.24) is 0 Å². The number of hydrogen-bond donors (Lipinski definition) is 0. The first kappa shape index (κ1) is 16.9. The molecule has 0 aromatic heterocycles. The van der Waals surface area contributed by atoms with Crippen molar-refractivity contribution in [2.45, 2.75) is 58.8 Å². The minimum absolute atomic E-state index is 0.358. The van der Waals surface area contributed by atoms with Crippen LogP contribution in [0.1, 0.15) is 64.4 Å². The van der Waals surface area contributed by atoms with Crippen molar-refractivity contribution in [2.24, 2.45) is 5.41 Å². The maximum absolute atomic E-state index is 5.98. The predicted molar refractivity (Wildman–Crippen MR) is 87.5 cm³/mol. The predicted octanol–water partition coefficient (Wildman–Crippen LogP) is 6.66. The molecule has 1 aromatic rings. The molecule has 0 aliphatic carbocycles. The van der Waals surface area contributed by atoms with Crippen LogP contribution >= 0.6 is 23.2 Å². The van der Waals surface area contributed by atoms with Crippen LogP contribution in [0.25, 0.3) is 0 Å². The van der Waals surface area contributed by atoms with Gasteiger partial charge in [-0.1, -0.05) is 57.3 Å². The van der Waals surface area contributed by atoms with Gasteiger partial charge in [0.15, 0.2) is 0 Å². The third kappa shape index (κ3) is 7.22. The van der Waals surface area contributed by atoms with E-state index in [9.17, 15) is 0 Å². The van der Waals surface area contributed by atoms with E-state index in [1.807, 2.05) is 12.1 Å². The van der Waals surface area contributed by atoms with Crippen LogP contribution in [0.5, 0.6) is 0 Å². The SMILES string of the molecule is CC(C)(C)CC(CCCCCCl)c1ccc(Cl)cc1. The highest BCUT2D eigenvalue weighted by atomic mass is 35.5. The van der Waals surface area contributed by atoms with Gasteiger partial charge in [0.1, 0.15) is 0 Å². The summed E-state index contributed by atoms with van der Waals surface area (Å²) in [6.45, 7) is 6.94. The number of rotatable bonds is 7. The van der Waals surface area contributed by atoms with Crippen LogP contribution in [0.3, 0.4) is 0 Å². The Morgan fingerprint density at radius 2 is 1.63 bits per heavy atom. The molecule has 0 saturated heterocycles. The third-order valence-electron chi connectivity index (χ3n) is 3.39. The zero-order valence-electron chi connectivity index (χ0n) is 12.4. The molecule has 2 heteroatoms. The molecular weight excluding hydrogens is 275 g/mol. The third-order valence-corrected chi connectivity index (χ3v) is 3.91. The van der Waals surface area contributed by atoms with Crippen molar-refractivity contribution in [2.75, 3.05) is 5.88 Å². The molecule has 1 aromatic carbocycles. The fourth-order valence-corrected chi connectivity index (χ4v) is 2.84. The van der Waals surface area contributed by atoms with Crippen LogP contribution in [-0.4, -0.2) is 5.88 Å². The lowest BCUT2D eigenvalue weighted by atomic mass is 9.79. The molecule has 0 aliphatic rings. The van der Waals surface area contributed by atoms with Crippen molar-refractivity contribution in [1.29, 1.82) is 0 Å². The van der Waals surface area contributed by atoms with Gasteiger partial charge >= 0.3 is 0 Å². The molecule has 0 heterocycles. The molecule has 0 amide bonds. The van der Waals surface area contributed by atoms with Gasteiger partial charge in [0.05, 0.1) is 0 Å². The minimum Gasteiger partial charge on any atom is -0.127 e. The normalized spacial score (nSPS) is 13.5. The van der Waals surface area contributed by atoms with Gasteiger partial charge in [0, 0.05) is 10.9 Å². The lowest BCUT2D eigenvalue weighted by molar-refractivity contribution is 0.326. The highest BCUT2D eigenvalue weighted by Gasteiger charge is 2.19. The van der Waals surface area contributed by atoms with E-state index in [4.69, 9.17) is 23.2 Å². The Morgan fingerprint density at radius 1 is 1.00 bits per heavy atom. The van der Waals surface area contributed by atoms with E-state index in [0.717, 1.165) is 17.3 Å². The van der Waals surface area contributed by atoms with Crippen molar-refractivity contribution in [3.63, 3.8) is 0 Å². The maximum atomic E-state index is 5.98. The Morgan fingerprint density at radius 3 is 2.16 bits per heavy atom. The Labute approximate surface area is 128 Å². The summed E-state index contributed by atoms with van der Waals surface area (Å²) >= 11 is 11.7. The van der Waals surface area contributed by atoms with Crippen LogP contribution in [0.15, 0.2) is 24.3 Å². The second-order valence-electron chi connectivity index (χ2n) is 6.55. The van der Waals surface area contributed by atoms with Crippen molar-refractivity contribution in [3.8, 4) is 0 Å². The number of alkyl halides is 1. The van der Waals surface area contributed by atoms with E-state index in [1.54, 1.807) is 0 Å². The fourth-order valence-electron chi connectivity index (χ4n) is 2.52. The second kappa shape index (κ2) is 8.17. The van der Waals surface area contributed by atoms with Gasteiger partial charge in [-0.15, -0.1) is 11.6 Å². The van der Waals surface area contributed by atoms with Gasteiger partial charge in [-0.3, -0.25) is 0 Å². The van der Waals surface area contributed by atoms with E-state index < -0.39 is 0 Å². The quantitative estimate of drug-likeness (QED) is 0.390. The molecule has 0 fully saturated rings. The monoisotopic (exact) mass is 300 g/mol. The van der Waals surface area contributed by atoms with E-state index in [1.165, 1.54) is 31.2 Å². The topological polar surface area (TPSA) is 0 Å². The van der Waals surface area contributed by atoms with Gasteiger partial charge in [0.25, 0.3) is 0 Å². The molecule has 1 atom stereocenters. The summed E-state index contributed by atoms with van der Waals surface area (Å²) in [5.41, 5.74) is 1.78. The first-order chi connectivity index (χ1) is 8.92. The summed E-state index contributed by atoms with van der Waals surface area (Å²) in [5.74, 6) is 1.41. The smallest absolute Gasteiger partial charge is 0.0406 e. The summed E-state index contributed by atoms with van der Waals surface area (Å²) in [5, 5.41) is 0.820. The van der Waals surface area contributed by atoms with Crippen molar-refractivity contribution < 1.29 is 0 Å². The maximum Gasteiger partial charge on any atom is 0.0406 e. The second-order valence-corrected chi connectivity index (χ2v) is 7.37. The van der Waals surface area contributed by atoms with E-state index in [-0.39, 0.29) is 0 Å². The molecule has 0 N–H and O–H groups in total. The number of benzene rings is 1. The summed E-state index contributed by atoms with van der Waals surface area (Å²) in [7, 11) is 0. The average Bonchev–Trinajstić information content (AvgIpc) is 2.33. The number of halogens is 2. The lowest BCUT2D eigenvalue weighted by Crippen LogP contribution is -2.12. The van der Waals surface area contributed by atoms with Gasteiger partial charge in [-0.05, 0) is 48.3 Å². The Bertz CT molecular complexity index is 349. The number of hydrogen-bond acceptors (Lipinski definition) is 0. The standard InChI is InChI=1S/C17H26Cl2/c1-17(2,3)13-15(7-5-4-6-12-18)14-8-10-16(19)11-9-14/h8-11,15H,4-7,12-13H2,1-3H3. The van der Waals surface area contributed by atoms with Crippen LogP contribution in [0.4, 0.5) is 0 Å². The van der Waals surface area contributed by atoms with Crippen LogP contribution in [0, 0.1) is 5.41 Å². The minimum atomic E-state index is 0.358. The molecule has 1 rings (SSSR count). The van der Waals surface area contributed by atoms with Gasteiger partial charge in [-0.25, -0.2) is 0 Å². The van der Waals surface area contributed by atoms with Crippen molar-refractivity contribution in [3.05, 3.63) is 34.9 Å². The molecule has 1 unspecified atom stereocenters. The molecule has 0 radical (unpaired) electrons. The van der Waals surface area contributed by atoms with E-state index in [0.29, 0.717) is 11.3 Å². The molecular formula is C17H26Cl2. The molecule has 19 heavy (non-hydrogen) atoms. The molecule has 0 nitrogen and oxygen atoms in total. The van der Waals surface area contributed by atoms with Gasteiger partial charge < -0.3 is 0 Å². The number of unbranched alkanes of at least 4 members (excludes halogenated alkanes) is 2. The highest BCUT2D eigenvalue weighted by molar-refractivity contribution is 6.30. The first-order valence-corrected chi connectivity index (χ1v) is 8.15. The summed E-state index contributed by atoms with van der Waals surface area (Å²) < 4.78 is 0. The van der Waals surface area contributed by atoms with Gasteiger partial charge in [0.2, 0.25) is 0 Å². The van der Waals surface area contributed by atoms with Crippen molar-refractivity contribution >= 4 is 23.2 Å². The largest absolute Gasteiger partial charge is 0.127 e. The summed E-state index contributed by atoms with van der Waals surface area (Å²) in [6.07, 6.45) is 6.09. The fraction of sp³-hybridized carbons (Fsp3) is 0.647. The van der Waals surface area contributed by atoms with Crippen LogP contribution in [-0.2, 0) is 0 Å². The van der Waals surface area contributed by atoms with Gasteiger partial charge in [-0.2, -0.15) is 0 Å². The molecule has 0 bridgehead atoms. The molecule has 0 spiro atoms. The Balaban J connectivity index is 2.65. The molecule has 0 aliphatic heterocycles. The summed E-state index contributed by atoms with van der Waals surface area (Å²) in [4.78, 5) is 0. The zero-order chi connectivity index (χ0) is 14.3. The first-order valence-electron chi connectivity index (χ1n) is 7.24. The van der Waals surface area contributed by atoms with Crippen LogP contribution < -0.4 is 0 Å². The zero-order valence-corrected chi connectivity index (χ0v) is 13.9. The van der Waals surface area contributed by atoms with E-state index in [2.05, 4.69) is 32.9 Å². The molecule has 0 saturated carbocycles. The molecule has 108 valence electrons. The lowest BCUT2D eigenvalue weighted by Gasteiger charge is -2.26. The average molecular weight is 301 g/mol. The van der Waals surface area contributed by atoms with E-state index >= 15 is 0 Å². The highest BCUT2D eigenvalue weighted by Crippen LogP contribution is 2.35. The summed E-state index contributed by atoms with van der Waals surface area (Å²) in [6, 6.07) is 8.37. The Kier molecular flexibility index (Phi) is 7.25. The Hall–Kier alpha value is -0.200.